The number of nitrogens with zero attached hydrogens (tertiary/aromatic N) is 2. The molecule has 0 aromatic carbocycles. The zero-order valence-corrected chi connectivity index (χ0v) is 10.3. The Hall–Kier alpha value is -0.940. The number of amidine groups is 1. The summed E-state index contributed by atoms with van der Waals surface area (Å²) in [4.78, 5) is 4.17. The Kier molecular flexibility index (Phi) is 6.03. The first-order valence-corrected chi connectivity index (χ1v) is 6.29. The van der Waals surface area contributed by atoms with Crippen molar-refractivity contribution in [1.82, 2.24) is 4.98 Å². The van der Waals surface area contributed by atoms with Crippen molar-refractivity contribution in [2.24, 2.45) is 10.9 Å². The minimum Gasteiger partial charge on any atom is -0.409 e. The molecule has 1 heterocycles. The molecule has 0 amide bonds. The Labute approximate surface area is 104 Å². The summed E-state index contributed by atoms with van der Waals surface area (Å²) in [6, 6.07) is 3.73. The van der Waals surface area contributed by atoms with Gasteiger partial charge in [-0.1, -0.05) is 16.8 Å². The van der Waals surface area contributed by atoms with Gasteiger partial charge in [0, 0.05) is 12.6 Å². The van der Waals surface area contributed by atoms with Crippen LogP contribution in [-0.4, -0.2) is 21.8 Å². The third kappa shape index (κ3) is 5.23. The minimum atomic E-state index is 0.287. The molecule has 0 saturated heterocycles. The van der Waals surface area contributed by atoms with Crippen LogP contribution in [0.2, 0.25) is 5.02 Å². The monoisotopic (exact) mass is 259 g/mol. The molecule has 6 heteroatoms. The zero-order valence-electron chi connectivity index (χ0n) is 8.77. The van der Waals surface area contributed by atoms with Crippen LogP contribution in [0.4, 0.5) is 0 Å². The first-order valence-electron chi connectivity index (χ1n) is 4.93. The van der Waals surface area contributed by atoms with Crippen LogP contribution >= 0.6 is 23.4 Å². The number of pyridine rings is 1. The molecule has 16 heavy (non-hydrogen) atoms. The van der Waals surface area contributed by atoms with Gasteiger partial charge >= 0.3 is 0 Å². The summed E-state index contributed by atoms with van der Waals surface area (Å²) >= 11 is 7.40. The van der Waals surface area contributed by atoms with E-state index in [9.17, 15) is 0 Å². The number of unbranched alkanes of at least 4 members (excludes halogenated alkanes) is 1. The van der Waals surface area contributed by atoms with Crippen molar-refractivity contribution in [1.29, 1.82) is 0 Å². The van der Waals surface area contributed by atoms with Crippen LogP contribution in [0.25, 0.3) is 0 Å². The normalized spacial score (nSPS) is 11.7. The Balaban J connectivity index is 2.14. The van der Waals surface area contributed by atoms with Crippen LogP contribution in [0, 0.1) is 0 Å². The molecule has 0 radical (unpaired) electrons. The molecular weight excluding hydrogens is 246 g/mol. The molecule has 1 aromatic rings. The molecule has 0 aliphatic heterocycles. The van der Waals surface area contributed by atoms with Crippen LogP contribution in [0.5, 0.6) is 0 Å². The zero-order chi connectivity index (χ0) is 11.8. The summed E-state index contributed by atoms with van der Waals surface area (Å²) < 4.78 is 0. The molecule has 1 aromatic heterocycles. The number of nitrogens with two attached hydrogens (primary N) is 1. The van der Waals surface area contributed by atoms with E-state index in [1.165, 1.54) is 0 Å². The van der Waals surface area contributed by atoms with Gasteiger partial charge in [0.15, 0.2) is 0 Å². The lowest BCUT2D eigenvalue weighted by Gasteiger charge is -2.01. The first kappa shape index (κ1) is 13.1. The molecule has 0 spiro atoms. The molecular formula is C10H14ClN3OS. The van der Waals surface area contributed by atoms with Crippen molar-refractivity contribution in [2.45, 2.75) is 24.3 Å². The van der Waals surface area contributed by atoms with Crippen LogP contribution in [0.15, 0.2) is 28.5 Å². The van der Waals surface area contributed by atoms with Gasteiger partial charge in [0.25, 0.3) is 0 Å². The van der Waals surface area contributed by atoms with Gasteiger partial charge in [-0.2, -0.15) is 0 Å². The summed E-state index contributed by atoms with van der Waals surface area (Å²) in [5.41, 5.74) is 5.35. The average Bonchev–Trinajstić information content (AvgIpc) is 2.31. The van der Waals surface area contributed by atoms with Crippen LogP contribution < -0.4 is 5.73 Å². The highest BCUT2D eigenvalue weighted by Gasteiger charge is 1.97. The van der Waals surface area contributed by atoms with Crippen molar-refractivity contribution in [3.8, 4) is 0 Å². The van der Waals surface area contributed by atoms with Gasteiger partial charge in [-0.05, 0) is 30.7 Å². The average molecular weight is 260 g/mol. The standard InChI is InChI=1S/C10H14ClN3OS/c11-8-4-5-10(13-7-8)16-6-2-1-3-9(12)14-15/h4-5,7,15H,1-3,6H2,(H2,12,14). The van der Waals surface area contributed by atoms with Crippen molar-refractivity contribution in [2.75, 3.05) is 5.75 Å². The van der Waals surface area contributed by atoms with E-state index in [-0.39, 0.29) is 5.84 Å². The fourth-order valence-electron chi connectivity index (χ4n) is 1.08. The van der Waals surface area contributed by atoms with E-state index in [1.54, 1.807) is 18.0 Å². The van der Waals surface area contributed by atoms with Crippen molar-refractivity contribution in [3.63, 3.8) is 0 Å². The molecule has 0 aliphatic rings. The number of oxime groups is 1. The Morgan fingerprint density at radius 3 is 2.94 bits per heavy atom. The van der Waals surface area contributed by atoms with E-state index in [2.05, 4.69) is 10.1 Å². The van der Waals surface area contributed by atoms with Gasteiger partial charge in [0.2, 0.25) is 0 Å². The second-order valence-corrected chi connectivity index (χ2v) is 4.76. The van der Waals surface area contributed by atoms with Gasteiger partial charge in [-0.25, -0.2) is 4.98 Å². The van der Waals surface area contributed by atoms with Gasteiger partial charge in [0.1, 0.15) is 5.84 Å². The number of hydrogen-bond donors (Lipinski definition) is 2. The highest BCUT2D eigenvalue weighted by Crippen LogP contribution is 2.18. The third-order valence-corrected chi connectivity index (χ3v) is 3.16. The number of rotatable bonds is 6. The second-order valence-electron chi connectivity index (χ2n) is 3.21. The van der Waals surface area contributed by atoms with Gasteiger partial charge in [0.05, 0.1) is 10.0 Å². The highest BCUT2D eigenvalue weighted by atomic mass is 35.5. The van der Waals surface area contributed by atoms with E-state index in [0.29, 0.717) is 11.4 Å². The molecule has 0 aliphatic carbocycles. The summed E-state index contributed by atoms with van der Waals surface area (Å²) in [5, 5.41) is 12.9. The van der Waals surface area contributed by atoms with E-state index in [4.69, 9.17) is 22.5 Å². The summed E-state index contributed by atoms with van der Waals surface area (Å²) in [7, 11) is 0. The number of thioether (sulfide) groups is 1. The molecule has 1 rings (SSSR count). The maximum Gasteiger partial charge on any atom is 0.139 e. The lowest BCUT2D eigenvalue weighted by molar-refractivity contribution is 0.316. The van der Waals surface area contributed by atoms with Crippen molar-refractivity contribution in [3.05, 3.63) is 23.4 Å². The molecule has 4 nitrogen and oxygen atoms in total. The third-order valence-electron chi connectivity index (χ3n) is 1.91. The smallest absolute Gasteiger partial charge is 0.139 e. The quantitative estimate of drug-likeness (QED) is 0.206. The SMILES string of the molecule is NC(CCCCSc1ccc(Cl)cn1)=NO. The largest absolute Gasteiger partial charge is 0.409 e. The summed E-state index contributed by atoms with van der Waals surface area (Å²) in [6.07, 6.45) is 4.19. The maximum atomic E-state index is 8.33. The summed E-state index contributed by atoms with van der Waals surface area (Å²) in [5.74, 6) is 1.25. The topological polar surface area (TPSA) is 71.5 Å². The number of halogens is 1. The van der Waals surface area contributed by atoms with E-state index >= 15 is 0 Å². The molecule has 3 N–H and O–H groups in total. The molecule has 0 unspecified atom stereocenters. The molecule has 88 valence electrons. The van der Waals surface area contributed by atoms with Crippen LogP contribution in [-0.2, 0) is 0 Å². The maximum absolute atomic E-state index is 8.33. The first-order chi connectivity index (χ1) is 7.72. The minimum absolute atomic E-state index is 0.287. The number of aromatic nitrogens is 1. The van der Waals surface area contributed by atoms with Gasteiger partial charge in [-0.15, -0.1) is 11.8 Å². The van der Waals surface area contributed by atoms with Gasteiger partial charge < -0.3 is 10.9 Å². The highest BCUT2D eigenvalue weighted by molar-refractivity contribution is 7.99. The van der Waals surface area contributed by atoms with Gasteiger partial charge in [-0.3, -0.25) is 0 Å². The predicted molar refractivity (Wildman–Crippen MR) is 67.2 cm³/mol. The van der Waals surface area contributed by atoms with E-state index < -0.39 is 0 Å². The predicted octanol–water partition coefficient (Wildman–Crippen LogP) is 2.74. The molecule has 0 saturated carbocycles. The van der Waals surface area contributed by atoms with E-state index in [0.717, 1.165) is 23.6 Å². The van der Waals surface area contributed by atoms with Crippen LogP contribution in [0.1, 0.15) is 19.3 Å². The van der Waals surface area contributed by atoms with Crippen LogP contribution in [0.3, 0.4) is 0 Å². The Morgan fingerprint density at radius 2 is 2.31 bits per heavy atom. The van der Waals surface area contributed by atoms with E-state index in [1.807, 2.05) is 12.1 Å². The Morgan fingerprint density at radius 1 is 1.50 bits per heavy atom. The fraction of sp³-hybridized carbons (Fsp3) is 0.400. The Bertz CT molecular complexity index is 342. The lowest BCUT2D eigenvalue weighted by Crippen LogP contribution is -2.10. The molecule has 0 fully saturated rings. The number of hydrogen-bond acceptors (Lipinski definition) is 4. The summed E-state index contributed by atoms with van der Waals surface area (Å²) in [6.45, 7) is 0. The fourth-order valence-corrected chi connectivity index (χ4v) is 2.04. The molecule has 0 atom stereocenters. The lowest BCUT2D eigenvalue weighted by atomic mass is 10.2. The molecule has 0 bridgehead atoms. The van der Waals surface area contributed by atoms with Crippen molar-refractivity contribution < 1.29 is 5.21 Å². The van der Waals surface area contributed by atoms with Crippen molar-refractivity contribution >= 4 is 29.2 Å². The second kappa shape index (κ2) is 7.35.